The van der Waals surface area contributed by atoms with Gasteiger partial charge in [0.1, 0.15) is 6.54 Å². The third-order valence-corrected chi connectivity index (χ3v) is 4.89. The molecule has 1 amide bonds. The van der Waals surface area contributed by atoms with Crippen LogP contribution in [-0.4, -0.2) is 53.9 Å². The Morgan fingerprint density at radius 2 is 1.86 bits per heavy atom. The molecule has 2 rings (SSSR count). The molecule has 158 valence electrons. The van der Waals surface area contributed by atoms with Crippen LogP contribution in [0, 0.1) is 0 Å². The molecule has 8 heteroatoms. The highest BCUT2D eigenvalue weighted by atomic mass is 32.2. The fraction of sp³-hybridized carbons (Fsp3) is 0.333. The molecule has 0 spiro atoms. The summed E-state index contributed by atoms with van der Waals surface area (Å²) in [5.41, 5.74) is 8.68. The summed E-state index contributed by atoms with van der Waals surface area (Å²) in [6.45, 7) is 2.27. The van der Waals surface area contributed by atoms with E-state index in [1.807, 2.05) is 48.2 Å². The first-order valence-corrected chi connectivity index (χ1v) is 11.2. The van der Waals surface area contributed by atoms with E-state index in [1.165, 1.54) is 5.75 Å². The summed E-state index contributed by atoms with van der Waals surface area (Å²) in [5, 5.41) is 14.4. The maximum atomic E-state index is 12.3. The van der Waals surface area contributed by atoms with Crippen LogP contribution < -0.4 is 16.4 Å². The molecule has 0 aliphatic carbocycles. The number of carboxylic acid groups (broad SMARTS) is 1. The smallest absolute Gasteiger partial charge is 0.322 e. The molecule has 0 aliphatic heterocycles. The molecule has 2 aromatic carbocycles. The minimum Gasteiger partial charge on any atom is -0.480 e. The molecule has 1 unspecified atom stereocenters. The Bertz CT molecular complexity index is 771. The minimum atomic E-state index is -1.09. The third-order valence-electron chi connectivity index (χ3n) is 3.84. The molecular weight excluding hydrogens is 406 g/mol. The van der Waals surface area contributed by atoms with Gasteiger partial charge in [-0.25, -0.2) is 0 Å². The summed E-state index contributed by atoms with van der Waals surface area (Å²) in [6.07, 6.45) is 2.10. The number of hydrogen-bond acceptors (Lipinski definition) is 6. The Kier molecular flexibility index (Phi) is 11.9. The molecule has 2 aromatic rings. The first-order chi connectivity index (χ1) is 13.9. The average Bonchev–Trinajstić information content (AvgIpc) is 2.76. The van der Waals surface area contributed by atoms with Crippen LogP contribution in [-0.2, 0) is 4.79 Å². The highest BCUT2D eigenvalue weighted by Gasteiger charge is 2.14. The van der Waals surface area contributed by atoms with Crippen LogP contribution in [0.4, 0.5) is 5.69 Å². The van der Waals surface area contributed by atoms with Gasteiger partial charge in [-0.2, -0.15) is 24.4 Å². The summed E-state index contributed by atoms with van der Waals surface area (Å²) in [4.78, 5) is 23.0. The quantitative estimate of drug-likeness (QED) is 0.388. The van der Waals surface area contributed by atoms with Crippen LogP contribution in [0.5, 0.6) is 0 Å². The highest BCUT2D eigenvalue weighted by Crippen LogP contribution is 2.27. The van der Waals surface area contributed by atoms with Crippen molar-refractivity contribution in [3.8, 4) is 11.1 Å². The monoisotopic (exact) mass is 435 g/mol. The van der Waals surface area contributed by atoms with Crippen molar-refractivity contribution in [1.82, 2.24) is 5.32 Å². The van der Waals surface area contributed by atoms with E-state index in [9.17, 15) is 9.59 Å². The molecular formula is C21H29N3O3S2. The highest BCUT2D eigenvalue weighted by molar-refractivity contribution is 7.98. The van der Waals surface area contributed by atoms with Crippen LogP contribution in [0.3, 0.4) is 0 Å². The molecule has 5 N–H and O–H groups in total. The molecule has 0 saturated carbocycles. The zero-order valence-electron chi connectivity index (χ0n) is 16.7. The molecule has 6 nitrogen and oxygen atoms in total. The summed E-state index contributed by atoms with van der Waals surface area (Å²) < 4.78 is 0. The fourth-order valence-corrected chi connectivity index (χ4v) is 2.40. The number of amides is 1. The summed E-state index contributed by atoms with van der Waals surface area (Å²) in [5.74, 6) is 0.280. The molecule has 0 fully saturated rings. The number of nitrogens with one attached hydrogen (secondary N) is 2. The number of anilines is 1. The van der Waals surface area contributed by atoms with Gasteiger partial charge in [-0.15, -0.1) is 0 Å². The van der Waals surface area contributed by atoms with E-state index in [0.717, 1.165) is 11.3 Å². The Morgan fingerprint density at radius 3 is 2.41 bits per heavy atom. The number of carboxylic acids is 1. The summed E-state index contributed by atoms with van der Waals surface area (Å²) in [6, 6.07) is 14.7. The van der Waals surface area contributed by atoms with Crippen molar-refractivity contribution in [3.63, 3.8) is 0 Å². The Labute approximate surface area is 182 Å². The fourth-order valence-electron chi connectivity index (χ4n) is 2.27. The van der Waals surface area contributed by atoms with Crippen molar-refractivity contribution < 1.29 is 14.7 Å². The average molecular weight is 436 g/mol. The van der Waals surface area contributed by atoms with Crippen LogP contribution in [0.25, 0.3) is 11.1 Å². The van der Waals surface area contributed by atoms with Gasteiger partial charge in [0.25, 0.3) is 5.91 Å². The van der Waals surface area contributed by atoms with Gasteiger partial charge in [0.15, 0.2) is 0 Å². The first-order valence-electron chi connectivity index (χ1n) is 9.21. The van der Waals surface area contributed by atoms with E-state index in [4.69, 9.17) is 10.8 Å². The molecule has 0 saturated heterocycles. The predicted octanol–water partition coefficient (Wildman–Crippen LogP) is 3.21. The van der Waals surface area contributed by atoms with Gasteiger partial charge in [-0.05, 0) is 41.3 Å². The molecule has 0 heterocycles. The number of nitrogens with two attached hydrogens (primary N) is 1. The van der Waals surface area contributed by atoms with Crippen molar-refractivity contribution in [2.75, 3.05) is 36.2 Å². The Balaban J connectivity index is 0.000000960. The van der Waals surface area contributed by atoms with Gasteiger partial charge in [0.2, 0.25) is 0 Å². The third kappa shape index (κ3) is 9.25. The molecule has 0 aromatic heterocycles. The number of thiol groups is 1. The van der Waals surface area contributed by atoms with Gasteiger partial charge >= 0.3 is 5.97 Å². The van der Waals surface area contributed by atoms with Crippen LogP contribution in [0.15, 0.2) is 48.5 Å². The van der Waals surface area contributed by atoms with E-state index in [-0.39, 0.29) is 6.04 Å². The predicted molar refractivity (Wildman–Crippen MR) is 126 cm³/mol. The van der Waals surface area contributed by atoms with E-state index in [1.54, 1.807) is 12.1 Å². The van der Waals surface area contributed by atoms with E-state index in [2.05, 4.69) is 36.4 Å². The molecule has 0 radical (unpaired) electrons. The number of thioether (sulfide) groups is 1. The van der Waals surface area contributed by atoms with Gasteiger partial charge in [0, 0.05) is 29.6 Å². The Morgan fingerprint density at radius 1 is 1.21 bits per heavy atom. The van der Waals surface area contributed by atoms with Crippen LogP contribution in [0.1, 0.15) is 17.3 Å². The van der Waals surface area contributed by atoms with Crippen molar-refractivity contribution >= 4 is 42.0 Å². The number of hydrogen-bond donors (Lipinski definition) is 5. The standard InChI is InChI=1S/C18H21N3O3S.C3H8S/c19-13(11-25)9-20-14-6-7-15(18(24)21-10-17(22)23)16(8-14)12-4-2-1-3-5-12;1-3-4-2/h1-8,13,20,25H,9-11,19H2,(H,21,24)(H,22,23);3H2,1-2H3. The van der Waals surface area contributed by atoms with Crippen molar-refractivity contribution in [1.29, 1.82) is 0 Å². The molecule has 1 atom stereocenters. The second-order valence-electron chi connectivity index (χ2n) is 6.10. The largest absolute Gasteiger partial charge is 0.480 e. The second kappa shape index (κ2) is 13.9. The SMILES string of the molecule is CCSC.NC(CS)CNc1ccc(C(=O)NCC(=O)O)c(-c2ccccc2)c1. The zero-order chi connectivity index (χ0) is 21.6. The van der Waals surface area contributed by atoms with Crippen LogP contribution in [0.2, 0.25) is 0 Å². The van der Waals surface area contributed by atoms with Gasteiger partial charge < -0.3 is 21.5 Å². The van der Waals surface area contributed by atoms with Gasteiger partial charge in [-0.1, -0.05) is 37.3 Å². The van der Waals surface area contributed by atoms with Gasteiger partial charge in [-0.3, -0.25) is 9.59 Å². The summed E-state index contributed by atoms with van der Waals surface area (Å²) in [7, 11) is 0. The number of aliphatic carboxylic acids is 1. The molecule has 0 aliphatic rings. The van der Waals surface area contributed by atoms with Crippen LogP contribution >= 0.6 is 24.4 Å². The lowest BCUT2D eigenvalue weighted by Gasteiger charge is -2.15. The lowest BCUT2D eigenvalue weighted by molar-refractivity contribution is -0.135. The second-order valence-corrected chi connectivity index (χ2v) is 7.62. The zero-order valence-corrected chi connectivity index (χ0v) is 18.4. The Hall–Kier alpha value is -2.16. The molecule has 0 bridgehead atoms. The lowest BCUT2D eigenvalue weighted by atomic mass is 9.98. The number of rotatable bonds is 9. The van der Waals surface area contributed by atoms with Crippen molar-refractivity contribution in [2.24, 2.45) is 5.73 Å². The molecule has 29 heavy (non-hydrogen) atoms. The number of carbonyl (C=O) groups excluding carboxylic acids is 1. The lowest BCUT2D eigenvalue weighted by Crippen LogP contribution is -2.31. The van der Waals surface area contributed by atoms with Gasteiger partial charge in [0.05, 0.1) is 0 Å². The summed E-state index contributed by atoms with van der Waals surface area (Å²) >= 11 is 6.01. The van der Waals surface area contributed by atoms with E-state index < -0.39 is 18.4 Å². The normalized spacial score (nSPS) is 11.0. The van der Waals surface area contributed by atoms with Crippen molar-refractivity contribution in [2.45, 2.75) is 13.0 Å². The number of carbonyl (C=O) groups is 2. The minimum absolute atomic E-state index is 0.0814. The topological polar surface area (TPSA) is 104 Å². The first kappa shape index (κ1) is 24.9. The van der Waals surface area contributed by atoms with E-state index >= 15 is 0 Å². The van der Waals surface area contributed by atoms with E-state index in [0.29, 0.717) is 23.4 Å². The maximum absolute atomic E-state index is 12.3. The number of benzene rings is 2. The van der Waals surface area contributed by atoms with Crippen molar-refractivity contribution in [3.05, 3.63) is 54.1 Å². The maximum Gasteiger partial charge on any atom is 0.322 e.